The smallest absolute Gasteiger partial charge is 0.0717 e. The third-order valence-corrected chi connectivity index (χ3v) is 5.98. The van der Waals surface area contributed by atoms with Gasteiger partial charge in [0.05, 0.1) is 16.1 Å². The molecule has 2 heterocycles. The van der Waals surface area contributed by atoms with Gasteiger partial charge in [0.25, 0.3) is 0 Å². The normalized spacial score (nSPS) is 12.8. The highest BCUT2D eigenvalue weighted by Crippen LogP contribution is 2.33. The van der Waals surface area contributed by atoms with Crippen LogP contribution >= 0.6 is 11.6 Å². The maximum atomic E-state index is 6.72. The van der Waals surface area contributed by atoms with Crippen molar-refractivity contribution in [3.05, 3.63) is 82.1 Å². The molecule has 0 spiro atoms. The number of nitrogens with zero attached hydrogens (tertiary/aromatic N) is 2. The first-order valence-electron chi connectivity index (χ1n) is 9.87. The Balaban J connectivity index is 1.68. The lowest BCUT2D eigenvalue weighted by molar-refractivity contribution is 0.744. The Bertz CT molecular complexity index is 1160. The second kappa shape index (κ2) is 7.52. The minimum atomic E-state index is 0.274. The van der Waals surface area contributed by atoms with E-state index in [1.54, 1.807) is 6.20 Å². The molecular weight excluding hydrogens is 364 g/mol. The number of fused-ring (bicyclic) bond motifs is 2. The summed E-state index contributed by atoms with van der Waals surface area (Å²) < 4.78 is 0. The van der Waals surface area contributed by atoms with Gasteiger partial charge in [-0.05, 0) is 78.3 Å². The second-order valence-electron chi connectivity index (χ2n) is 8.01. The number of aromatic nitrogens is 2. The Morgan fingerprint density at radius 2 is 1.71 bits per heavy atom. The van der Waals surface area contributed by atoms with E-state index in [4.69, 9.17) is 16.6 Å². The van der Waals surface area contributed by atoms with Crippen LogP contribution in [0.15, 0.2) is 54.7 Å². The molecule has 0 aliphatic rings. The molecule has 2 aromatic heterocycles. The standard InChI is InChI=1S/C25H25ClN2/c1-15(2)18-7-9-24-22(14-18)17(4)13-19(28-24)12-16(3)20-8-10-23-21(25(20)26)6-5-11-27-23/h5-11,13-16H,12H2,1-4H3. The number of rotatable bonds is 4. The highest BCUT2D eigenvalue weighted by molar-refractivity contribution is 6.36. The van der Waals surface area contributed by atoms with Gasteiger partial charge in [0.2, 0.25) is 0 Å². The predicted molar refractivity (Wildman–Crippen MR) is 119 cm³/mol. The number of hydrogen-bond donors (Lipinski definition) is 0. The summed E-state index contributed by atoms with van der Waals surface area (Å²) in [6.45, 7) is 8.84. The van der Waals surface area contributed by atoms with Gasteiger partial charge in [-0.1, -0.05) is 44.5 Å². The molecule has 0 aliphatic heterocycles. The van der Waals surface area contributed by atoms with Crippen LogP contribution in [-0.4, -0.2) is 9.97 Å². The SMILES string of the molecule is Cc1cc(CC(C)c2ccc3ncccc3c2Cl)nc2ccc(C(C)C)cc12. The number of halogens is 1. The number of pyridine rings is 2. The molecule has 0 aliphatic carbocycles. The van der Waals surface area contributed by atoms with Crippen molar-refractivity contribution in [1.29, 1.82) is 0 Å². The van der Waals surface area contributed by atoms with Crippen molar-refractivity contribution < 1.29 is 0 Å². The lowest BCUT2D eigenvalue weighted by Crippen LogP contribution is -2.03. The maximum absolute atomic E-state index is 6.72. The summed E-state index contributed by atoms with van der Waals surface area (Å²) in [5, 5.41) is 3.06. The van der Waals surface area contributed by atoms with Crippen LogP contribution in [0.3, 0.4) is 0 Å². The minimum Gasteiger partial charge on any atom is -0.256 e. The van der Waals surface area contributed by atoms with Crippen molar-refractivity contribution in [3.63, 3.8) is 0 Å². The molecule has 142 valence electrons. The molecule has 2 nitrogen and oxygen atoms in total. The number of aryl methyl sites for hydroxylation is 1. The number of hydrogen-bond acceptors (Lipinski definition) is 2. The third kappa shape index (κ3) is 3.49. The van der Waals surface area contributed by atoms with Crippen LogP contribution < -0.4 is 0 Å². The van der Waals surface area contributed by atoms with Gasteiger partial charge in [-0.3, -0.25) is 9.97 Å². The summed E-state index contributed by atoms with van der Waals surface area (Å²) in [7, 11) is 0. The van der Waals surface area contributed by atoms with Crippen LogP contribution in [0.1, 0.15) is 55.0 Å². The molecule has 0 N–H and O–H groups in total. The van der Waals surface area contributed by atoms with E-state index in [1.807, 2.05) is 12.1 Å². The van der Waals surface area contributed by atoms with E-state index < -0.39 is 0 Å². The molecule has 0 saturated carbocycles. The van der Waals surface area contributed by atoms with Crippen molar-refractivity contribution in [2.75, 3.05) is 0 Å². The Labute approximate surface area is 171 Å². The van der Waals surface area contributed by atoms with E-state index in [0.717, 1.165) is 39.1 Å². The van der Waals surface area contributed by atoms with Crippen LogP contribution in [0.2, 0.25) is 5.02 Å². The lowest BCUT2D eigenvalue weighted by Gasteiger charge is -2.16. The summed E-state index contributed by atoms with van der Waals surface area (Å²) in [6.07, 6.45) is 2.66. The first-order chi connectivity index (χ1) is 13.4. The van der Waals surface area contributed by atoms with E-state index >= 15 is 0 Å². The van der Waals surface area contributed by atoms with Crippen molar-refractivity contribution in [1.82, 2.24) is 9.97 Å². The Hall–Kier alpha value is -2.45. The molecule has 1 atom stereocenters. The van der Waals surface area contributed by atoms with E-state index in [-0.39, 0.29) is 5.92 Å². The van der Waals surface area contributed by atoms with Gasteiger partial charge in [-0.2, -0.15) is 0 Å². The molecule has 0 saturated heterocycles. The zero-order chi connectivity index (χ0) is 19.8. The van der Waals surface area contributed by atoms with E-state index in [0.29, 0.717) is 5.92 Å². The van der Waals surface area contributed by atoms with Gasteiger partial charge in [-0.15, -0.1) is 0 Å². The lowest BCUT2D eigenvalue weighted by atomic mass is 9.93. The molecule has 4 aromatic rings. The van der Waals surface area contributed by atoms with Crippen LogP contribution in [-0.2, 0) is 6.42 Å². The third-order valence-electron chi connectivity index (χ3n) is 5.55. The first kappa shape index (κ1) is 18.9. The van der Waals surface area contributed by atoms with Crippen LogP contribution in [0.25, 0.3) is 21.8 Å². The molecular formula is C25H25ClN2. The Morgan fingerprint density at radius 3 is 2.50 bits per heavy atom. The fourth-order valence-electron chi connectivity index (χ4n) is 3.88. The van der Waals surface area contributed by atoms with Gasteiger partial charge in [-0.25, -0.2) is 0 Å². The van der Waals surface area contributed by atoms with Gasteiger partial charge in [0.15, 0.2) is 0 Å². The highest BCUT2D eigenvalue weighted by atomic mass is 35.5. The molecule has 4 rings (SSSR count). The molecule has 0 radical (unpaired) electrons. The van der Waals surface area contributed by atoms with Gasteiger partial charge >= 0.3 is 0 Å². The summed E-state index contributed by atoms with van der Waals surface area (Å²) in [5.41, 5.74) is 6.90. The average molecular weight is 389 g/mol. The van der Waals surface area contributed by atoms with Crippen molar-refractivity contribution in [2.45, 2.75) is 46.0 Å². The summed E-state index contributed by atoms with van der Waals surface area (Å²) in [6, 6.07) is 17.0. The van der Waals surface area contributed by atoms with Crippen molar-refractivity contribution >= 4 is 33.4 Å². The zero-order valence-electron chi connectivity index (χ0n) is 16.8. The zero-order valence-corrected chi connectivity index (χ0v) is 17.6. The monoisotopic (exact) mass is 388 g/mol. The quantitative estimate of drug-likeness (QED) is 0.369. The predicted octanol–water partition coefficient (Wildman–Crippen LogP) is 7.21. The van der Waals surface area contributed by atoms with Gasteiger partial charge < -0.3 is 0 Å². The van der Waals surface area contributed by atoms with Crippen molar-refractivity contribution in [2.24, 2.45) is 0 Å². The number of benzene rings is 2. The van der Waals surface area contributed by atoms with Crippen LogP contribution in [0, 0.1) is 6.92 Å². The van der Waals surface area contributed by atoms with Gasteiger partial charge in [0.1, 0.15) is 0 Å². The molecule has 0 fully saturated rings. The van der Waals surface area contributed by atoms with Gasteiger partial charge in [0, 0.05) is 22.7 Å². The molecule has 1 unspecified atom stereocenters. The molecule has 28 heavy (non-hydrogen) atoms. The van der Waals surface area contributed by atoms with E-state index in [9.17, 15) is 0 Å². The van der Waals surface area contributed by atoms with Crippen LogP contribution in [0.5, 0.6) is 0 Å². The first-order valence-corrected chi connectivity index (χ1v) is 10.2. The van der Waals surface area contributed by atoms with Crippen molar-refractivity contribution in [3.8, 4) is 0 Å². The summed E-state index contributed by atoms with van der Waals surface area (Å²) in [5.74, 6) is 0.796. The molecule has 0 amide bonds. The fraction of sp³-hybridized carbons (Fsp3) is 0.280. The highest BCUT2D eigenvalue weighted by Gasteiger charge is 2.15. The average Bonchev–Trinajstić information content (AvgIpc) is 2.68. The van der Waals surface area contributed by atoms with E-state index in [1.165, 1.54) is 16.5 Å². The summed E-state index contributed by atoms with van der Waals surface area (Å²) in [4.78, 5) is 9.33. The Kier molecular flexibility index (Phi) is 5.07. The summed E-state index contributed by atoms with van der Waals surface area (Å²) >= 11 is 6.72. The second-order valence-corrected chi connectivity index (χ2v) is 8.38. The minimum absolute atomic E-state index is 0.274. The van der Waals surface area contributed by atoms with E-state index in [2.05, 4.69) is 69.1 Å². The molecule has 2 aromatic carbocycles. The molecule has 3 heteroatoms. The molecule has 0 bridgehead atoms. The largest absolute Gasteiger partial charge is 0.256 e. The maximum Gasteiger partial charge on any atom is 0.0717 e. The Morgan fingerprint density at radius 1 is 0.929 bits per heavy atom. The fourth-order valence-corrected chi connectivity index (χ4v) is 4.29. The van der Waals surface area contributed by atoms with Crippen LogP contribution in [0.4, 0.5) is 0 Å². The topological polar surface area (TPSA) is 25.8 Å².